The molecule has 2 atom stereocenters. The molecule has 5 N–H and O–H groups in total. The topological polar surface area (TPSA) is 98.2 Å². The van der Waals surface area contributed by atoms with Gasteiger partial charge in [-0.15, -0.1) is 0 Å². The largest absolute Gasteiger partial charge is 0.368 e. The van der Waals surface area contributed by atoms with E-state index in [0.29, 0.717) is 19.3 Å². The van der Waals surface area contributed by atoms with Crippen molar-refractivity contribution >= 4 is 11.8 Å². The first-order valence-electron chi connectivity index (χ1n) is 6.81. The van der Waals surface area contributed by atoms with Crippen LogP contribution in [0.2, 0.25) is 0 Å². The first kappa shape index (κ1) is 15.0. The quantitative estimate of drug-likeness (QED) is 0.650. The lowest BCUT2D eigenvalue weighted by Gasteiger charge is -2.30. The minimum Gasteiger partial charge on any atom is -0.368 e. The van der Waals surface area contributed by atoms with Crippen LogP contribution in [0.5, 0.6) is 0 Å². The molecule has 0 saturated heterocycles. The van der Waals surface area contributed by atoms with Crippen LogP contribution in [0.3, 0.4) is 0 Å². The standard InChI is InChI=1S/C13H25N3O2/c1-3-13(4-2,12(15)18)16-11(17)8-9-6-5-7-10(9)14/h9-10H,3-8,14H2,1-2H3,(H2,15,18)(H,16,17)/t9-,10+/m0/s1. The third kappa shape index (κ3) is 3.22. The monoisotopic (exact) mass is 255 g/mol. The summed E-state index contributed by atoms with van der Waals surface area (Å²) in [7, 11) is 0. The Morgan fingerprint density at radius 2 is 1.89 bits per heavy atom. The number of amides is 2. The maximum Gasteiger partial charge on any atom is 0.243 e. The van der Waals surface area contributed by atoms with E-state index in [4.69, 9.17) is 11.5 Å². The second kappa shape index (κ2) is 6.18. The average molecular weight is 255 g/mol. The normalized spacial score (nSPS) is 23.9. The highest BCUT2D eigenvalue weighted by Crippen LogP contribution is 2.27. The zero-order valence-electron chi connectivity index (χ0n) is 11.4. The molecule has 18 heavy (non-hydrogen) atoms. The Morgan fingerprint density at radius 3 is 2.28 bits per heavy atom. The third-order valence-electron chi connectivity index (χ3n) is 4.22. The second-order valence-electron chi connectivity index (χ2n) is 5.26. The summed E-state index contributed by atoms with van der Waals surface area (Å²) in [6.45, 7) is 3.71. The van der Waals surface area contributed by atoms with Crippen LogP contribution in [0.25, 0.3) is 0 Å². The number of carbonyl (C=O) groups excluding carboxylic acids is 2. The molecule has 0 aromatic carbocycles. The van der Waals surface area contributed by atoms with Gasteiger partial charge in [-0.25, -0.2) is 0 Å². The van der Waals surface area contributed by atoms with E-state index in [0.717, 1.165) is 19.3 Å². The van der Waals surface area contributed by atoms with Gasteiger partial charge in [-0.2, -0.15) is 0 Å². The number of nitrogens with two attached hydrogens (primary N) is 2. The molecule has 104 valence electrons. The van der Waals surface area contributed by atoms with Crippen LogP contribution in [-0.2, 0) is 9.59 Å². The van der Waals surface area contributed by atoms with Crippen molar-refractivity contribution in [2.45, 2.75) is 64.0 Å². The van der Waals surface area contributed by atoms with Gasteiger partial charge in [-0.3, -0.25) is 9.59 Å². The van der Waals surface area contributed by atoms with Crippen molar-refractivity contribution in [2.75, 3.05) is 0 Å². The van der Waals surface area contributed by atoms with Crippen LogP contribution in [0.1, 0.15) is 52.4 Å². The molecule has 0 aliphatic heterocycles. The second-order valence-corrected chi connectivity index (χ2v) is 5.26. The van der Waals surface area contributed by atoms with E-state index in [1.165, 1.54) is 0 Å². The van der Waals surface area contributed by atoms with E-state index < -0.39 is 11.4 Å². The number of hydrogen-bond donors (Lipinski definition) is 3. The van der Waals surface area contributed by atoms with Crippen LogP contribution in [0, 0.1) is 5.92 Å². The molecule has 0 unspecified atom stereocenters. The highest BCUT2D eigenvalue weighted by atomic mass is 16.2. The Bertz CT molecular complexity index is 313. The molecule has 0 aromatic heterocycles. The van der Waals surface area contributed by atoms with Crippen molar-refractivity contribution in [3.8, 4) is 0 Å². The van der Waals surface area contributed by atoms with E-state index in [9.17, 15) is 9.59 Å². The number of nitrogens with one attached hydrogen (secondary N) is 1. The zero-order chi connectivity index (χ0) is 13.8. The molecule has 1 saturated carbocycles. The molecule has 0 aromatic rings. The van der Waals surface area contributed by atoms with Gasteiger partial charge in [0, 0.05) is 12.5 Å². The summed E-state index contributed by atoms with van der Waals surface area (Å²) in [5.41, 5.74) is 10.4. The number of hydrogen-bond acceptors (Lipinski definition) is 3. The summed E-state index contributed by atoms with van der Waals surface area (Å²) >= 11 is 0. The SMILES string of the molecule is CCC(CC)(NC(=O)C[C@@H]1CCC[C@H]1N)C(N)=O. The molecule has 1 aliphatic rings. The molecule has 5 heteroatoms. The molecular formula is C13H25N3O2. The van der Waals surface area contributed by atoms with Gasteiger partial charge in [-0.1, -0.05) is 20.3 Å². The highest BCUT2D eigenvalue weighted by molar-refractivity contribution is 5.90. The van der Waals surface area contributed by atoms with Crippen molar-refractivity contribution < 1.29 is 9.59 Å². The summed E-state index contributed by atoms with van der Waals surface area (Å²) in [6.07, 6.45) is 4.50. The van der Waals surface area contributed by atoms with E-state index >= 15 is 0 Å². The molecule has 0 heterocycles. The summed E-state index contributed by atoms with van der Waals surface area (Å²) in [4.78, 5) is 23.5. The fraction of sp³-hybridized carbons (Fsp3) is 0.846. The molecule has 0 spiro atoms. The first-order chi connectivity index (χ1) is 8.45. The van der Waals surface area contributed by atoms with Crippen molar-refractivity contribution in [2.24, 2.45) is 17.4 Å². The van der Waals surface area contributed by atoms with Gasteiger partial charge in [0.25, 0.3) is 0 Å². The Kier molecular flexibility index (Phi) is 5.14. The fourth-order valence-electron chi connectivity index (χ4n) is 2.71. The number of rotatable bonds is 6. The Morgan fingerprint density at radius 1 is 1.28 bits per heavy atom. The predicted molar refractivity (Wildman–Crippen MR) is 70.6 cm³/mol. The minimum absolute atomic E-state index is 0.111. The van der Waals surface area contributed by atoms with E-state index in [-0.39, 0.29) is 17.9 Å². The van der Waals surface area contributed by atoms with Crippen molar-refractivity contribution in [1.29, 1.82) is 0 Å². The van der Waals surface area contributed by atoms with Gasteiger partial charge in [0.15, 0.2) is 0 Å². The highest BCUT2D eigenvalue weighted by Gasteiger charge is 2.35. The van der Waals surface area contributed by atoms with Crippen LogP contribution in [0.15, 0.2) is 0 Å². The molecule has 5 nitrogen and oxygen atoms in total. The summed E-state index contributed by atoms with van der Waals surface area (Å²) in [5.74, 6) is -0.333. The Labute approximate surface area is 109 Å². The van der Waals surface area contributed by atoms with E-state index in [2.05, 4.69) is 5.32 Å². The van der Waals surface area contributed by atoms with Crippen molar-refractivity contribution in [3.63, 3.8) is 0 Å². The van der Waals surface area contributed by atoms with Crippen LogP contribution in [0.4, 0.5) is 0 Å². The predicted octanol–water partition coefficient (Wildman–Crippen LogP) is 0.664. The number of carbonyl (C=O) groups is 2. The Hall–Kier alpha value is -1.10. The molecule has 1 fully saturated rings. The summed E-state index contributed by atoms with van der Waals surface area (Å²) in [6, 6.07) is 0.113. The van der Waals surface area contributed by atoms with Gasteiger partial charge in [-0.05, 0) is 31.6 Å². The molecular weight excluding hydrogens is 230 g/mol. The zero-order valence-corrected chi connectivity index (χ0v) is 11.4. The molecule has 1 rings (SSSR count). The van der Waals surface area contributed by atoms with Gasteiger partial charge in [0.1, 0.15) is 5.54 Å². The van der Waals surface area contributed by atoms with Gasteiger partial charge >= 0.3 is 0 Å². The lowest BCUT2D eigenvalue weighted by molar-refractivity contribution is -0.132. The maximum absolute atomic E-state index is 12.0. The molecule has 2 amide bonds. The third-order valence-corrected chi connectivity index (χ3v) is 4.22. The lowest BCUT2D eigenvalue weighted by Crippen LogP contribution is -2.57. The smallest absolute Gasteiger partial charge is 0.243 e. The van der Waals surface area contributed by atoms with E-state index in [1.54, 1.807) is 0 Å². The lowest BCUT2D eigenvalue weighted by atomic mass is 9.91. The van der Waals surface area contributed by atoms with Gasteiger partial charge in [0.05, 0.1) is 0 Å². The van der Waals surface area contributed by atoms with E-state index in [1.807, 2.05) is 13.8 Å². The fourth-order valence-corrected chi connectivity index (χ4v) is 2.71. The van der Waals surface area contributed by atoms with Crippen LogP contribution >= 0.6 is 0 Å². The van der Waals surface area contributed by atoms with Crippen molar-refractivity contribution in [3.05, 3.63) is 0 Å². The van der Waals surface area contributed by atoms with Crippen LogP contribution < -0.4 is 16.8 Å². The molecule has 0 radical (unpaired) electrons. The van der Waals surface area contributed by atoms with Crippen LogP contribution in [-0.4, -0.2) is 23.4 Å². The van der Waals surface area contributed by atoms with Gasteiger partial charge in [0.2, 0.25) is 11.8 Å². The average Bonchev–Trinajstić information content (AvgIpc) is 2.71. The summed E-state index contributed by atoms with van der Waals surface area (Å²) < 4.78 is 0. The molecule has 1 aliphatic carbocycles. The van der Waals surface area contributed by atoms with Crippen molar-refractivity contribution in [1.82, 2.24) is 5.32 Å². The first-order valence-corrected chi connectivity index (χ1v) is 6.81. The van der Waals surface area contributed by atoms with Gasteiger partial charge < -0.3 is 16.8 Å². The maximum atomic E-state index is 12.0. The minimum atomic E-state index is -0.903. The number of primary amides is 1. The summed E-state index contributed by atoms with van der Waals surface area (Å²) in [5, 5.41) is 2.81. The molecule has 0 bridgehead atoms. The Balaban J connectivity index is 2.59.